The number of aliphatic hydroxyl groups excluding tert-OH is 1. The van der Waals surface area contributed by atoms with Gasteiger partial charge in [0.05, 0.1) is 13.2 Å². The first kappa shape index (κ1) is 13.9. The van der Waals surface area contributed by atoms with Gasteiger partial charge in [0, 0.05) is 25.2 Å². The smallest absolute Gasteiger partial charge is 0.119 e. The van der Waals surface area contributed by atoms with E-state index >= 15 is 0 Å². The molecule has 1 saturated heterocycles. The fourth-order valence-corrected chi connectivity index (χ4v) is 3.53. The molecule has 110 valence electrons. The van der Waals surface area contributed by atoms with Gasteiger partial charge in [0.1, 0.15) is 5.75 Å². The number of likely N-dealkylation sites (tertiary alicyclic amines) is 1. The molecule has 0 bridgehead atoms. The van der Waals surface area contributed by atoms with E-state index in [1.807, 2.05) is 12.1 Å². The Balaban J connectivity index is 1.75. The zero-order valence-electron chi connectivity index (χ0n) is 12.5. The number of fused-ring (bicyclic) bond motifs is 1. The number of hydrogen-bond acceptors (Lipinski definition) is 4. The number of hydrogen-bond donors (Lipinski definition) is 1. The Morgan fingerprint density at radius 3 is 2.80 bits per heavy atom. The Bertz CT molecular complexity index is 489. The highest BCUT2D eigenvalue weighted by atomic mass is 16.5. The largest absolute Gasteiger partial charge is 0.497 e. The number of aliphatic hydroxyl groups is 1. The van der Waals surface area contributed by atoms with Crippen molar-refractivity contribution in [2.75, 3.05) is 34.3 Å². The molecule has 1 aromatic rings. The van der Waals surface area contributed by atoms with Crippen LogP contribution in [0.4, 0.5) is 0 Å². The highest BCUT2D eigenvalue weighted by Gasteiger charge is 2.38. The van der Waals surface area contributed by atoms with E-state index < -0.39 is 0 Å². The van der Waals surface area contributed by atoms with Crippen molar-refractivity contribution in [3.63, 3.8) is 0 Å². The summed E-state index contributed by atoms with van der Waals surface area (Å²) < 4.78 is 5.27. The summed E-state index contributed by atoms with van der Waals surface area (Å²) in [6.45, 7) is 2.13. The average molecular weight is 276 g/mol. The SMILES string of the molecule is COc1ccc2c(c1)C(O)C(N1CCC(N(C)C)C1)C2. The second kappa shape index (κ2) is 5.35. The van der Waals surface area contributed by atoms with Crippen LogP contribution in [0.15, 0.2) is 18.2 Å². The number of ether oxygens (including phenoxy) is 1. The predicted octanol–water partition coefficient (Wildman–Crippen LogP) is 1.29. The molecule has 1 aliphatic carbocycles. The van der Waals surface area contributed by atoms with E-state index in [-0.39, 0.29) is 12.1 Å². The van der Waals surface area contributed by atoms with Gasteiger partial charge in [-0.1, -0.05) is 6.07 Å². The van der Waals surface area contributed by atoms with Crippen LogP contribution in [-0.4, -0.2) is 61.3 Å². The van der Waals surface area contributed by atoms with E-state index in [0.717, 1.165) is 30.8 Å². The Morgan fingerprint density at radius 1 is 1.35 bits per heavy atom. The van der Waals surface area contributed by atoms with Crippen molar-refractivity contribution < 1.29 is 9.84 Å². The standard InChI is InChI=1S/C16H24N2O2/c1-17(2)12-6-7-18(10-12)15-8-11-4-5-13(20-3)9-14(11)16(15)19/h4-5,9,12,15-16,19H,6-8,10H2,1-3H3. The van der Waals surface area contributed by atoms with Crippen molar-refractivity contribution in [2.45, 2.75) is 31.0 Å². The minimum atomic E-state index is -0.388. The third-order valence-corrected chi connectivity index (χ3v) is 4.86. The lowest BCUT2D eigenvalue weighted by molar-refractivity contribution is 0.0711. The van der Waals surface area contributed by atoms with E-state index in [4.69, 9.17) is 4.74 Å². The third-order valence-electron chi connectivity index (χ3n) is 4.86. The molecule has 3 unspecified atom stereocenters. The van der Waals surface area contributed by atoms with Crippen LogP contribution in [0.2, 0.25) is 0 Å². The molecular formula is C16H24N2O2. The van der Waals surface area contributed by atoms with Crippen LogP contribution in [0.3, 0.4) is 0 Å². The van der Waals surface area contributed by atoms with Gasteiger partial charge >= 0.3 is 0 Å². The van der Waals surface area contributed by atoms with E-state index in [0.29, 0.717) is 6.04 Å². The fourth-order valence-electron chi connectivity index (χ4n) is 3.53. The van der Waals surface area contributed by atoms with Gasteiger partial charge in [-0.15, -0.1) is 0 Å². The van der Waals surface area contributed by atoms with Gasteiger partial charge in [0.25, 0.3) is 0 Å². The van der Waals surface area contributed by atoms with E-state index in [1.165, 1.54) is 12.0 Å². The normalized spacial score (nSPS) is 29.9. The molecule has 1 fully saturated rings. The van der Waals surface area contributed by atoms with E-state index in [9.17, 15) is 5.11 Å². The van der Waals surface area contributed by atoms with Crippen LogP contribution in [0.1, 0.15) is 23.7 Å². The zero-order valence-corrected chi connectivity index (χ0v) is 12.5. The average Bonchev–Trinajstić information content (AvgIpc) is 3.04. The summed E-state index contributed by atoms with van der Waals surface area (Å²) in [6, 6.07) is 6.90. The van der Waals surface area contributed by atoms with Gasteiger partial charge in [-0.2, -0.15) is 0 Å². The Morgan fingerprint density at radius 2 is 2.15 bits per heavy atom. The van der Waals surface area contributed by atoms with Gasteiger partial charge in [-0.3, -0.25) is 4.90 Å². The quantitative estimate of drug-likeness (QED) is 0.902. The molecule has 3 atom stereocenters. The molecule has 0 aromatic heterocycles. The molecule has 1 heterocycles. The number of nitrogens with zero attached hydrogens (tertiary/aromatic N) is 2. The molecule has 4 heteroatoms. The molecule has 3 rings (SSSR count). The van der Waals surface area contributed by atoms with E-state index in [2.05, 4.69) is 30.0 Å². The van der Waals surface area contributed by atoms with Crippen molar-refractivity contribution in [2.24, 2.45) is 0 Å². The summed E-state index contributed by atoms with van der Waals surface area (Å²) >= 11 is 0. The van der Waals surface area contributed by atoms with Crippen LogP contribution in [0.5, 0.6) is 5.75 Å². The molecule has 0 radical (unpaired) electrons. The summed E-state index contributed by atoms with van der Waals surface area (Å²) in [5.74, 6) is 0.830. The van der Waals surface area contributed by atoms with Crippen molar-refractivity contribution >= 4 is 0 Å². The monoisotopic (exact) mass is 276 g/mol. The Labute approximate surface area is 120 Å². The topological polar surface area (TPSA) is 35.9 Å². The first-order valence-corrected chi connectivity index (χ1v) is 7.35. The van der Waals surface area contributed by atoms with Gasteiger partial charge in [0.15, 0.2) is 0 Å². The summed E-state index contributed by atoms with van der Waals surface area (Å²) in [7, 11) is 5.94. The van der Waals surface area contributed by atoms with Crippen molar-refractivity contribution in [3.8, 4) is 5.75 Å². The summed E-state index contributed by atoms with van der Waals surface area (Å²) in [4.78, 5) is 4.74. The van der Waals surface area contributed by atoms with Crippen LogP contribution in [-0.2, 0) is 6.42 Å². The molecule has 1 aromatic carbocycles. The molecular weight excluding hydrogens is 252 g/mol. The lowest BCUT2D eigenvalue weighted by Gasteiger charge is -2.28. The summed E-state index contributed by atoms with van der Waals surface area (Å²) in [6.07, 6.45) is 1.75. The first-order valence-electron chi connectivity index (χ1n) is 7.35. The minimum absolute atomic E-state index is 0.224. The highest BCUT2D eigenvalue weighted by molar-refractivity contribution is 5.42. The predicted molar refractivity (Wildman–Crippen MR) is 79.1 cm³/mol. The zero-order chi connectivity index (χ0) is 14.3. The summed E-state index contributed by atoms with van der Waals surface area (Å²) in [5.41, 5.74) is 2.30. The Hall–Kier alpha value is -1.10. The molecule has 0 spiro atoms. The van der Waals surface area contributed by atoms with Gasteiger partial charge in [-0.25, -0.2) is 0 Å². The maximum absolute atomic E-state index is 10.6. The van der Waals surface area contributed by atoms with Gasteiger partial charge < -0.3 is 14.7 Å². The highest BCUT2D eigenvalue weighted by Crippen LogP contribution is 2.37. The number of benzene rings is 1. The molecule has 4 nitrogen and oxygen atoms in total. The van der Waals surface area contributed by atoms with Crippen LogP contribution in [0.25, 0.3) is 0 Å². The molecule has 20 heavy (non-hydrogen) atoms. The Kier molecular flexibility index (Phi) is 3.71. The summed E-state index contributed by atoms with van der Waals surface area (Å²) in [5, 5.41) is 10.6. The third kappa shape index (κ3) is 2.32. The lowest BCUT2D eigenvalue weighted by atomic mass is 10.1. The second-order valence-electron chi connectivity index (χ2n) is 6.18. The fraction of sp³-hybridized carbons (Fsp3) is 0.625. The van der Waals surface area contributed by atoms with Crippen molar-refractivity contribution in [1.82, 2.24) is 9.80 Å². The minimum Gasteiger partial charge on any atom is -0.497 e. The van der Waals surface area contributed by atoms with Crippen LogP contribution >= 0.6 is 0 Å². The molecule has 1 aliphatic heterocycles. The van der Waals surface area contributed by atoms with Gasteiger partial charge in [-0.05, 0) is 50.2 Å². The maximum Gasteiger partial charge on any atom is 0.119 e. The number of likely N-dealkylation sites (N-methyl/N-ethyl adjacent to an activating group) is 1. The van der Waals surface area contributed by atoms with Crippen LogP contribution < -0.4 is 4.74 Å². The maximum atomic E-state index is 10.6. The molecule has 0 saturated carbocycles. The molecule has 2 aliphatic rings. The van der Waals surface area contributed by atoms with Crippen LogP contribution in [0, 0.1) is 0 Å². The first-order chi connectivity index (χ1) is 9.60. The number of rotatable bonds is 3. The van der Waals surface area contributed by atoms with Gasteiger partial charge in [0.2, 0.25) is 0 Å². The number of methoxy groups -OCH3 is 1. The molecule has 0 amide bonds. The van der Waals surface area contributed by atoms with Crippen molar-refractivity contribution in [3.05, 3.63) is 29.3 Å². The molecule has 1 N–H and O–H groups in total. The van der Waals surface area contributed by atoms with Crippen molar-refractivity contribution in [1.29, 1.82) is 0 Å². The van der Waals surface area contributed by atoms with E-state index in [1.54, 1.807) is 7.11 Å². The second-order valence-corrected chi connectivity index (χ2v) is 6.18. The lowest BCUT2D eigenvalue weighted by Crippen LogP contribution is -2.39.